The maximum atomic E-state index is 11.4. The quantitative estimate of drug-likeness (QED) is 0.503. The molecule has 2 aromatic carbocycles. The van der Waals surface area contributed by atoms with Crippen molar-refractivity contribution in [1.29, 1.82) is 0 Å². The Morgan fingerprint density at radius 2 is 1.62 bits per heavy atom. The van der Waals surface area contributed by atoms with Crippen molar-refractivity contribution in [2.75, 3.05) is 11.9 Å². The summed E-state index contributed by atoms with van der Waals surface area (Å²) >= 11 is 0. The number of rotatable bonds is 5. The lowest BCUT2D eigenvalue weighted by Gasteiger charge is -2.20. The highest BCUT2D eigenvalue weighted by Gasteiger charge is 2.05. The summed E-state index contributed by atoms with van der Waals surface area (Å²) < 4.78 is 0. The Labute approximate surface area is 125 Å². The number of anilines is 1. The molecule has 0 aliphatic rings. The van der Waals surface area contributed by atoms with Crippen LogP contribution in [-0.2, 0) is 13.0 Å². The number of nitrogens with one attached hydrogen (secondary N) is 1. The number of aryl methyl sites for hydroxylation is 1. The number of hydrazine groups is 1. The van der Waals surface area contributed by atoms with Crippen LogP contribution in [0.5, 0.6) is 0 Å². The van der Waals surface area contributed by atoms with Gasteiger partial charge in [0.15, 0.2) is 0 Å². The highest BCUT2D eigenvalue weighted by atomic mass is 16.2. The van der Waals surface area contributed by atoms with Gasteiger partial charge in [0, 0.05) is 24.8 Å². The average Bonchev–Trinajstić information content (AvgIpc) is 2.55. The molecule has 2 aromatic rings. The minimum atomic E-state index is -0.273. The van der Waals surface area contributed by atoms with E-state index < -0.39 is 0 Å². The topological polar surface area (TPSA) is 58.4 Å². The van der Waals surface area contributed by atoms with Crippen molar-refractivity contribution >= 4 is 11.6 Å². The fraction of sp³-hybridized carbons (Fsp3) is 0.235. The summed E-state index contributed by atoms with van der Waals surface area (Å²) in [6.07, 6.45) is 1.05. The Balaban J connectivity index is 2.04. The van der Waals surface area contributed by atoms with Crippen molar-refractivity contribution in [2.24, 2.45) is 5.84 Å². The van der Waals surface area contributed by atoms with Crippen LogP contribution in [-0.4, -0.2) is 13.0 Å². The predicted molar refractivity (Wildman–Crippen MR) is 86.0 cm³/mol. The molecule has 0 aliphatic heterocycles. The van der Waals surface area contributed by atoms with E-state index in [1.54, 1.807) is 12.1 Å². The number of nitrogens with zero attached hydrogens (tertiary/aromatic N) is 1. The summed E-state index contributed by atoms with van der Waals surface area (Å²) in [6, 6.07) is 16.0. The van der Waals surface area contributed by atoms with Gasteiger partial charge in [0.1, 0.15) is 0 Å². The molecule has 0 atom stereocenters. The van der Waals surface area contributed by atoms with Crippen LogP contribution in [0, 0.1) is 0 Å². The highest BCUT2D eigenvalue weighted by Crippen LogP contribution is 2.17. The summed E-state index contributed by atoms with van der Waals surface area (Å²) in [4.78, 5) is 13.6. The van der Waals surface area contributed by atoms with Crippen molar-refractivity contribution in [1.82, 2.24) is 5.43 Å². The van der Waals surface area contributed by atoms with Gasteiger partial charge in [-0.2, -0.15) is 0 Å². The predicted octanol–water partition coefficient (Wildman–Crippen LogP) is 2.49. The molecule has 0 unspecified atom stereocenters. The second-order valence-corrected chi connectivity index (χ2v) is 5.05. The molecule has 21 heavy (non-hydrogen) atoms. The first-order chi connectivity index (χ1) is 10.1. The lowest BCUT2D eigenvalue weighted by atomic mass is 10.1. The Bertz CT molecular complexity index is 590. The van der Waals surface area contributed by atoms with Crippen molar-refractivity contribution in [3.05, 3.63) is 65.2 Å². The lowest BCUT2D eigenvalue weighted by Crippen LogP contribution is -2.29. The monoisotopic (exact) mass is 283 g/mol. The average molecular weight is 283 g/mol. The van der Waals surface area contributed by atoms with Crippen molar-refractivity contribution in [3.63, 3.8) is 0 Å². The molecule has 4 heteroatoms. The maximum Gasteiger partial charge on any atom is 0.265 e. The zero-order valence-corrected chi connectivity index (χ0v) is 12.5. The van der Waals surface area contributed by atoms with Gasteiger partial charge in [-0.25, -0.2) is 5.84 Å². The molecule has 0 spiro atoms. The molecule has 0 saturated carbocycles. The van der Waals surface area contributed by atoms with E-state index in [4.69, 9.17) is 5.84 Å². The zero-order chi connectivity index (χ0) is 15.2. The third-order valence-electron chi connectivity index (χ3n) is 3.55. The molecule has 0 aliphatic carbocycles. The van der Waals surface area contributed by atoms with Crippen LogP contribution >= 0.6 is 0 Å². The Morgan fingerprint density at radius 1 is 1.05 bits per heavy atom. The smallest absolute Gasteiger partial charge is 0.265 e. The number of nitrogen functional groups attached to an aromatic ring is 1. The molecule has 0 fully saturated rings. The molecule has 0 saturated heterocycles. The van der Waals surface area contributed by atoms with E-state index in [2.05, 4.69) is 48.6 Å². The van der Waals surface area contributed by atoms with Crippen LogP contribution in [0.3, 0.4) is 0 Å². The first kappa shape index (κ1) is 15.1. The van der Waals surface area contributed by atoms with Gasteiger partial charge in [0.25, 0.3) is 5.91 Å². The lowest BCUT2D eigenvalue weighted by molar-refractivity contribution is 0.0953. The van der Waals surface area contributed by atoms with Crippen molar-refractivity contribution in [2.45, 2.75) is 19.9 Å². The Morgan fingerprint density at radius 3 is 2.14 bits per heavy atom. The number of nitrogens with two attached hydrogens (primary N) is 1. The molecular weight excluding hydrogens is 262 g/mol. The van der Waals surface area contributed by atoms with Gasteiger partial charge >= 0.3 is 0 Å². The van der Waals surface area contributed by atoms with Gasteiger partial charge in [0.2, 0.25) is 0 Å². The van der Waals surface area contributed by atoms with E-state index in [1.807, 2.05) is 12.1 Å². The Kier molecular flexibility index (Phi) is 4.95. The summed E-state index contributed by atoms with van der Waals surface area (Å²) in [5, 5.41) is 0. The first-order valence-corrected chi connectivity index (χ1v) is 7.04. The van der Waals surface area contributed by atoms with Crippen LogP contribution < -0.4 is 16.2 Å². The summed E-state index contributed by atoms with van der Waals surface area (Å²) in [6.45, 7) is 2.94. The maximum absolute atomic E-state index is 11.4. The summed E-state index contributed by atoms with van der Waals surface area (Å²) in [5.74, 6) is 4.84. The van der Waals surface area contributed by atoms with Gasteiger partial charge in [-0.1, -0.05) is 31.2 Å². The number of benzene rings is 2. The standard InChI is InChI=1S/C17H21N3O/c1-3-13-6-10-16(11-7-13)20(2)12-14-4-8-15(9-5-14)17(21)19-18/h4-11H,3,12,18H2,1-2H3,(H,19,21). The molecule has 110 valence electrons. The van der Waals surface area contributed by atoms with Crippen LogP contribution in [0.25, 0.3) is 0 Å². The van der Waals surface area contributed by atoms with Gasteiger partial charge in [0.05, 0.1) is 0 Å². The van der Waals surface area contributed by atoms with Gasteiger partial charge in [-0.3, -0.25) is 10.2 Å². The molecule has 3 N–H and O–H groups in total. The normalized spacial score (nSPS) is 10.2. The second kappa shape index (κ2) is 6.90. The fourth-order valence-electron chi connectivity index (χ4n) is 2.20. The highest BCUT2D eigenvalue weighted by molar-refractivity contribution is 5.93. The van der Waals surface area contributed by atoms with E-state index in [0.717, 1.165) is 18.5 Å². The SMILES string of the molecule is CCc1ccc(N(C)Cc2ccc(C(=O)NN)cc2)cc1. The van der Waals surface area contributed by atoms with E-state index in [-0.39, 0.29) is 5.91 Å². The number of carbonyl (C=O) groups excluding carboxylic acids is 1. The molecule has 2 rings (SSSR count). The van der Waals surface area contributed by atoms with E-state index >= 15 is 0 Å². The van der Waals surface area contributed by atoms with E-state index in [9.17, 15) is 4.79 Å². The van der Waals surface area contributed by atoms with Gasteiger partial charge in [-0.05, 0) is 41.8 Å². The van der Waals surface area contributed by atoms with Crippen LogP contribution in [0.2, 0.25) is 0 Å². The fourth-order valence-corrected chi connectivity index (χ4v) is 2.20. The van der Waals surface area contributed by atoms with Crippen LogP contribution in [0.4, 0.5) is 5.69 Å². The van der Waals surface area contributed by atoms with E-state index in [1.165, 1.54) is 11.3 Å². The number of carbonyl (C=O) groups is 1. The number of hydrogen-bond acceptors (Lipinski definition) is 3. The summed E-state index contributed by atoms with van der Waals surface area (Å²) in [7, 11) is 2.06. The number of hydrogen-bond donors (Lipinski definition) is 2. The zero-order valence-electron chi connectivity index (χ0n) is 12.5. The molecule has 0 bridgehead atoms. The number of amides is 1. The summed E-state index contributed by atoms with van der Waals surface area (Å²) in [5.41, 5.74) is 6.35. The Hall–Kier alpha value is -2.33. The van der Waals surface area contributed by atoms with Crippen LogP contribution in [0.15, 0.2) is 48.5 Å². The second-order valence-electron chi connectivity index (χ2n) is 5.05. The molecule has 1 amide bonds. The third kappa shape index (κ3) is 3.83. The van der Waals surface area contributed by atoms with Crippen molar-refractivity contribution in [3.8, 4) is 0 Å². The molecule has 0 heterocycles. The van der Waals surface area contributed by atoms with Crippen molar-refractivity contribution < 1.29 is 4.79 Å². The third-order valence-corrected chi connectivity index (χ3v) is 3.55. The van der Waals surface area contributed by atoms with Gasteiger partial charge in [-0.15, -0.1) is 0 Å². The van der Waals surface area contributed by atoms with E-state index in [0.29, 0.717) is 5.56 Å². The first-order valence-electron chi connectivity index (χ1n) is 7.04. The molecular formula is C17H21N3O. The molecule has 0 aromatic heterocycles. The van der Waals surface area contributed by atoms with Gasteiger partial charge < -0.3 is 4.90 Å². The molecule has 4 nitrogen and oxygen atoms in total. The largest absolute Gasteiger partial charge is 0.370 e. The molecule has 0 radical (unpaired) electrons. The van der Waals surface area contributed by atoms with Crippen LogP contribution in [0.1, 0.15) is 28.4 Å². The minimum absolute atomic E-state index is 0.273. The minimum Gasteiger partial charge on any atom is -0.370 e.